The van der Waals surface area contributed by atoms with E-state index in [9.17, 15) is 23.4 Å². The van der Waals surface area contributed by atoms with E-state index in [0.29, 0.717) is 16.8 Å². The van der Waals surface area contributed by atoms with Crippen molar-refractivity contribution in [2.45, 2.75) is 17.6 Å². The zero-order chi connectivity index (χ0) is 22.1. The summed E-state index contributed by atoms with van der Waals surface area (Å²) in [4.78, 5) is 13.5. The highest BCUT2D eigenvalue weighted by Gasteiger charge is 2.31. The fraction of sp³-hybridized carbons (Fsp3) is 0.350. The van der Waals surface area contributed by atoms with Crippen LogP contribution in [0.3, 0.4) is 0 Å². The first-order chi connectivity index (χ1) is 14.2. The van der Waals surface area contributed by atoms with Crippen molar-refractivity contribution in [3.05, 3.63) is 46.0 Å². The van der Waals surface area contributed by atoms with Crippen LogP contribution in [0.2, 0.25) is 5.02 Å². The van der Waals surface area contributed by atoms with Gasteiger partial charge in [-0.15, -0.1) is 0 Å². The minimum atomic E-state index is -3.87. The highest BCUT2D eigenvalue weighted by atomic mass is 35.5. The molecule has 2 N–H and O–H groups in total. The normalized spacial score (nSPS) is 14.2. The van der Waals surface area contributed by atoms with Crippen LogP contribution in [-0.2, 0) is 20.3 Å². The summed E-state index contributed by atoms with van der Waals surface area (Å²) in [6.07, 6.45) is 0. The first-order valence-corrected chi connectivity index (χ1v) is 11.2. The number of carbonyl (C=O) groups is 1. The van der Waals surface area contributed by atoms with Gasteiger partial charge in [-0.05, 0) is 36.8 Å². The molecule has 3 rings (SSSR count). The molecule has 1 aliphatic heterocycles. The standard InChI is InChI=1S/C20H22ClNO7S/c1-12-7-13(20(25)28-2)9-17-18(12)29-19-14(11-30(17,26)27)8-15(10-16(19)21)22(3-5-23)4-6-24/h7-10,23-24H,3-6,11H2,1-2H3. The number of aliphatic hydroxyl groups excluding tert-OH is 2. The number of methoxy groups -OCH3 is 1. The van der Waals surface area contributed by atoms with Crippen LogP contribution in [0.1, 0.15) is 21.5 Å². The lowest BCUT2D eigenvalue weighted by Crippen LogP contribution is -2.29. The number of esters is 1. The van der Waals surface area contributed by atoms with Gasteiger partial charge in [-0.2, -0.15) is 0 Å². The van der Waals surface area contributed by atoms with Crippen LogP contribution in [0.4, 0.5) is 5.69 Å². The molecule has 0 aromatic heterocycles. The van der Waals surface area contributed by atoms with Crippen molar-refractivity contribution in [1.29, 1.82) is 0 Å². The third-order valence-electron chi connectivity index (χ3n) is 4.76. The number of benzene rings is 2. The molecule has 2 aromatic rings. The average molecular weight is 456 g/mol. The third-order valence-corrected chi connectivity index (χ3v) is 6.70. The van der Waals surface area contributed by atoms with Crippen LogP contribution in [0.25, 0.3) is 0 Å². The molecule has 1 aliphatic rings. The smallest absolute Gasteiger partial charge is 0.337 e. The molecular weight excluding hydrogens is 434 g/mol. The van der Waals surface area contributed by atoms with Crippen LogP contribution in [0.15, 0.2) is 29.2 Å². The fourth-order valence-electron chi connectivity index (χ4n) is 3.37. The molecule has 1 heterocycles. The Labute approximate surface area is 179 Å². The minimum absolute atomic E-state index is 0.107. The number of nitrogens with zero attached hydrogens (tertiary/aromatic N) is 1. The summed E-state index contributed by atoms with van der Waals surface area (Å²) in [5.74, 6) is -0.718. The van der Waals surface area contributed by atoms with Gasteiger partial charge in [-0.3, -0.25) is 0 Å². The highest BCUT2D eigenvalue weighted by molar-refractivity contribution is 7.90. The SMILES string of the molecule is COC(=O)c1cc(C)c2c(c1)S(=O)(=O)Cc1cc(N(CCO)CCO)cc(Cl)c1O2. The number of halogens is 1. The maximum absolute atomic E-state index is 13.1. The van der Waals surface area contributed by atoms with Gasteiger partial charge in [0.1, 0.15) is 16.4 Å². The van der Waals surface area contributed by atoms with Crippen molar-refractivity contribution < 1.29 is 32.9 Å². The van der Waals surface area contributed by atoms with Gasteiger partial charge in [0.25, 0.3) is 0 Å². The summed E-state index contributed by atoms with van der Waals surface area (Å²) in [5, 5.41) is 18.8. The molecule has 0 amide bonds. The second kappa shape index (κ2) is 8.81. The van der Waals surface area contributed by atoms with Crippen molar-refractivity contribution in [2.75, 3.05) is 38.3 Å². The number of hydrogen-bond acceptors (Lipinski definition) is 8. The number of aryl methyl sites for hydroxylation is 1. The van der Waals surface area contributed by atoms with Crippen LogP contribution in [0.5, 0.6) is 11.5 Å². The molecule has 0 unspecified atom stereocenters. The van der Waals surface area contributed by atoms with E-state index in [4.69, 9.17) is 21.1 Å². The minimum Gasteiger partial charge on any atom is -0.465 e. The van der Waals surface area contributed by atoms with E-state index in [0.717, 1.165) is 0 Å². The fourth-order valence-corrected chi connectivity index (χ4v) is 5.22. The molecular formula is C20H22ClNO7S. The quantitative estimate of drug-likeness (QED) is 0.638. The summed E-state index contributed by atoms with van der Waals surface area (Å²) < 4.78 is 36.9. The largest absolute Gasteiger partial charge is 0.465 e. The number of ether oxygens (including phenoxy) is 2. The lowest BCUT2D eigenvalue weighted by atomic mass is 10.1. The second-order valence-corrected chi connectivity index (χ2v) is 9.19. The van der Waals surface area contributed by atoms with Gasteiger partial charge in [0, 0.05) is 24.3 Å². The maximum Gasteiger partial charge on any atom is 0.337 e. The number of sulfone groups is 1. The average Bonchev–Trinajstić information content (AvgIpc) is 2.81. The summed E-state index contributed by atoms with van der Waals surface area (Å²) >= 11 is 6.43. The molecule has 2 aromatic carbocycles. The second-order valence-electron chi connectivity index (χ2n) is 6.82. The lowest BCUT2D eigenvalue weighted by molar-refractivity contribution is 0.0600. The van der Waals surface area contributed by atoms with E-state index in [1.165, 1.54) is 19.2 Å². The van der Waals surface area contributed by atoms with Gasteiger partial charge < -0.3 is 24.6 Å². The lowest BCUT2D eigenvalue weighted by Gasteiger charge is -2.24. The number of fused-ring (bicyclic) bond motifs is 2. The Morgan fingerprint density at radius 1 is 1.17 bits per heavy atom. The Hall–Kier alpha value is -2.33. The van der Waals surface area contributed by atoms with Crippen LogP contribution >= 0.6 is 11.6 Å². The molecule has 0 saturated heterocycles. The molecule has 0 saturated carbocycles. The van der Waals surface area contributed by atoms with Gasteiger partial charge in [0.2, 0.25) is 0 Å². The Kier molecular flexibility index (Phi) is 6.56. The molecule has 162 valence electrons. The van der Waals surface area contributed by atoms with Gasteiger partial charge in [-0.25, -0.2) is 13.2 Å². The van der Waals surface area contributed by atoms with Crippen LogP contribution < -0.4 is 9.64 Å². The maximum atomic E-state index is 13.1. The molecule has 10 heteroatoms. The number of hydrogen-bond donors (Lipinski definition) is 2. The number of anilines is 1. The van der Waals surface area contributed by atoms with Gasteiger partial charge in [0.05, 0.1) is 36.7 Å². The first-order valence-electron chi connectivity index (χ1n) is 9.14. The Bertz CT molecular complexity index is 1080. The Balaban J connectivity index is 2.15. The van der Waals surface area contributed by atoms with E-state index in [1.807, 2.05) is 0 Å². The molecule has 0 spiro atoms. The summed E-state index contributed by atoms with van der Waals surface area (Å²) in [7, 11) is -2.65. The summed E-state index contributed by atoms with van der Waals surface area (Å²) in [6, 6.07) is 5.96. The van der Waals surface area contributed by atoms with Gasteiger partial charge in [0.15, 0.2) is 9.84 Å². The Morgan fingerprint density at radius 3 is 2.43 bits per heavy atom. The molecule has 30 heavy (non-hydrogen) atoms. The first kappa shape index (κ1) is 22.4. The van der Waals surface area contributed by atoms with E-state index < -0.39 is 15.8 Å². The zero-order valence-corrected chi connectivity index (χ0v) is 18.1. The number of rotatable bonds is 6. The van der Waals surface area contributed by atoms with Crippen molar-refractivity contribution >= 4 is 33.1 Å². The van der Waals surface area contributed by atoms with Gasteiger partial charge >= 0.3 is 5.97 Å². The zero-order valence-electron chi connectivity index (χ0n) is 16.5. The molecule has 0 radical (unpaired) electrons. The highest BCUT2D eigenvalue weighted by Crippen LogP contribution is 2.45. The Morgan fingerprint density at radius 2 is 1.83 bits per heavy atom. The van der Waals surface area contributed by atoms with Crippen LogP contribution in [0, 0.1) is 6.92 Å². The van der Waals surface area contributed by atoms with Crippen LogP contribution in [-0.4, -0.2) is 58.0 Å². The van der Waals surface area contributed by atoms with Gasteiger partial charge in [-0.1, -0.05) is 11.6 Å². The van der Waals surface area contributed by atoms with Crippen molar-refractivity contribution in [1.82, 2.24) is 0 Å². The van der Waals surface area contributed by atoms with E-state index >= 15 is 0 Å². The van der Waals surface area contributed by atoms with E-state index in [2.05, 4.69) is 0 Å². The topological polar surface area (TPSA) is 113 Å². The molecule has 0 fully saturated rings. The molecule has 0 aliphatic carbocycles. The predicted molar refractivity (Wildman–Crippen MR) is 111 cm³/mol. The monoisotopic (exact) mass is 455 g/mol. The van der Waals surface area contributed by atoms with Crippen molar-refractivity contribution in [2.24, 2.45) is 0 Å². The third kappa shape index (κ3) is 4.24. The summed E-state index contributed by atoms with van der Waals surface area (Å²) in [6.45, 7) is 1.82. The van der Waals surface area contributed by atoms with E-state index in [1.54, 1.807) is 24.0 Å². The predicted octanol–water partition coefficient (Wildman–Crippen LogP) is 2.31. The molecule has 0 bridgehead atoms. The molecule has 8 nitrogen and oxygen atoms in total. The number of aliphatic hydroxyl groups is 2. The number of carbonyl (C=O) groups excluding carboxylic acids is 1. The summed E-state index contributed by atoms with van der Waals surface area (Å²) in [5.41, 5.74) is 1.45. The van der Waals surface area contributed by atoms with Crippen molar-refractivity contribution in [3.8, 4) is 11.5 Å². The van der Waals surface area contributed by atoms with Crippen molar-refractivity contribution in [3.63, 3.8) is 0 Å². The van der Waals surface area contributed by atoms with E-state index in [-0.39, 0.29) is 59.0 Å². The molecule has 0 atom stereocenters.